The van der Waals surface area contributed by atoms with E-state index in [0.29, 0.717) is 11.1 Å². The van der Waals surface area contributed by atoms with E-state index in [-0.39, 0.29) is 17.2 Å². The molecule has 0 saturated carbocycles. The quantitative estimate of drug-likeness (QED) is 0.711. The Kier molecular flexibility index (Phi) is 5.19. The van der Waals surface area contributed by atoms with Crippen LogP contribution in [0, 0.1) is 31.0 Å². The van der Waals surface area contributed by atoms with Crippen molar-refractivity contribution in [3.05, 3.63) is 58.7 Å². The molecular weight excluding hydrogens is 401 g/mol. The van der Waals surface area contributed by atoms with Crippen LogP contribution >= 0.6 is 11.8 Å². The van der Waals surface area contributed by atoms with Crippen LogP contribution < -0.4 is 0 Å². The zero-order valence-corrected chi connectivity index (χ0v) is 18.0. The first-order valence-electron chi connectivity index (χ1n) is 9.68. The number of aromatic nitrogens is 1. The highest BCUT2D eigenvalue weighted by atomic mass is 32.2. The molecule has 154 valence electrons. The Hall–Kier alpha value is -3.00. The predicted molar refractivity (Wildman–Crippen MR) is 120 cm³/mol. The van der Waals surface area contributed by atoms with E-state index in [0.717, 1.165) is 34.1 Å². The van der Waals surface area contributed by atoms with Crippen molar-refractivity contribution in [2.24, 2.45) is 16.0 Å². The number of nitrogens with zero attached hydrogens (tertiary/aromatic N) is 4. The molecule has 1 aromatic heterocycles. The summed E-state index contributed by atoms with van der Waals surface area (Å²) in [5.74, 6) is -0.275. The molecule has 1 N–H and O–H groups in total. The number of hydrogen-bond donors (Lipinski definition) is 1. The number of rotatable bonds is 4. The number of halogens is 1. The van der Waals surface area contributed by atoms with Gasteiger partial charge < -0.3 is 4.57 Å². The average Bonchev–Trinajstić information content (AvgIpc) is 3.19. The smallest absolute Gasteiger partial charge is 0.283 e. The Morgan fingerprint density at radius 3 is 2.60 bits per heavy atom. The van der Waals surface area contributed by atoms with E-state index in [2.05, 4.69) is 23.9 Å². The Balaban J connectivity index is 1.70. The maximum atomic E-state index is 13.3. The summed E-state index contributed by atoms with van der Waals surface area (Å²) in [5, 5.41) is 15.8. The summed E-state index contributed by atoms with van der Waals surface area (Å²) in [4.78, 5) is 16.8. The Labute approximate surface area is 178 Å². The number of amides is 1. The van der Waals surface area contributed by atoms with Gasteiger partial charge >= 0.3 is 0 Å². The monoisotopic (exact) mass is 423 g/mol. The van der Waals surface area contributed by atoms with Gasteiger partial charge in [0.1, 0.15) is 10.9 Å². The maximum Gasteiger partial charge on any atom is 0.283 e. The maximum absolute atomic E-state index is 13.3. The number of carbonyl (C=O) groups is 1. The molecule has 0 atom stereocenters. The fraction of sp³-hybridized carbons (Fsp3) is 0.273. The van der Waals surface area contributed by atoms with E-state index in [4.69, 9.17) is 5.41 Å². The molecule has 2 aliphatic rings. The second-order valence-corrected chi connectivity index (χ2v) is 8.79. The summed E-state index contributed by atoms with van der Waals surface area (Å²) in [6, 6.07) is 8.20. The number of carbonyl (C=O) groups excluding carboxylic acids is 1. The Morgan fingerprint density at radius 1 is 1.23 bits per heavy atom. The van der Waals surface area contributed by atoms with Gasteiger partial charge in [0, 0.05) is 23.5 Å². The number of aliphatic imine (C=N–C) groups is 1. The van der Waals surface area contributed by atoms with Crippen LogP contribution in [-0.4, -0.2) is 31.5 Å². The van der Waals surface area contributed by atoms with Gasteiger partial charge in [0.25, 0.3) is 5.91 Å². The second-order valence-electron chi connectivity index (χ2n) is 7.75. The summed E-state index contributed by atoms with van der Waals surface area (Å²) in [6.07, 6.45) is 2.47. The van der Waals surface area contributed by atoms with Crippen molar-refractivity contribution in [1.29, 1.82) is 5.41 Å². The molecule has 0 fully saturated rings. The van der Waals surface area contributed by atoms with Gasteiger partial charge in [-0.25, -0.2) is 4.39 Å². The van der Waals surface area contributed by atoms with Crippen LogP contribution in [0.15, 0.2) is 46.0 Å². The molecule has 30 heavy (non-hydrogen) atoms. The lowest BCUT2D eigenvalue weighted by Gasteiger charge is -2.20. The number of hydrazone groups is 1. The van der Waals surface area contributed by atoms with Crippen molar-refractivity contribution in [1.82, 2.24) is 9.58 Å². The first-order chi connectivity index (χ1) is 14.2. The van der Waals surface area contributed by atoms with Gasteiger partial charge in [-0.15, -0.1) is 0 Å². The number of benzene rings is 1. The lowest BCUT2D eigenvalue weighted by molar-refractivity contribution is -0.114. The predicted octanol–water partition coefficient (Wildman–Crippen LogP) is 4.90. The van der Waals surface area contributed by atoms with E-state index >= 15 is 0 Å². The fourth-order valence-electron chi connectivity index (χ4n) is 3.54. The van der Waals surface area contributed by atoms with Gasteiger partial charge in [0.05, 0.1) is 5.57 Å². The van der Waals surface area contributed by atoms with E-state index < -0.39 is 5.91 Å². The molecular formula is C22H22FN5OS. The lowest BCUT2D eigenvalue weighted by atomic mass is 10.1. The summed E-state index contributed by atoms with van der Waals surface area (Å²) in [6.45, 7) is 8.07. The van der Waals surface area contributed by atoms with Crippen molar-refractivity contribution in [2.75, 3.05) is 0 Å². The molecule has 2 aromatic rings. The second kappa shape index (κ2) is 7.68. The van der Waals surface area contributed by atoms with Crippen molar-refractivity contribution in [3.8, 4) is 5.69 Å². The van der Waals surface area contributed by atoms with Crippen LogP contribution in [-0.2, 0) is 4.79 Å². The van der Waals surface area contributed by atoms with Gasteiger partial charge in [-0.1, -0.05) is 13.8 Å². The summed E-state index contributed by atoms with van der Waals surface area (Å²) < 4.78 is 15.3. The molecule has 4 rings (SSSR count). The minimum atomic E-state index is -0.439. The van der Waals surface area contributed by atoms with Crippen LogP contribution in [0.5, 0.6) is 0 Å². The lowest BCUT2D eigenvalue weighted by Crippen LogP contribution is -2.35. The van der Waals surface area contributed by atoms with Crippen LogP contribution in [0.2, 0.25) is 0 Å². The fourth-order valence-corrected chi connectivity index (χ4v) is 4.64. The van der Waals surface area contributed by atoms with E-state index in [9.17, 15) is 9.18 Å². The number of aryl methyl sites for hydroxylation is 1. The van der Waals surface area contributed by atoms with Gasteiger partial charge in [0.15, 0.2) is 5.84 Å². The third kappa shape index (κ3) is 3.63. The summed E-state index contributed by atoms with van der Waals surface area (Å²) in [5.41, 5.74) is 3.68. The minimum absolute atomic E-state index is 0.0304. The molecule has 0 saturated heterocycles. The molecule has 0 aliphatic carbocycles. The molecule has 0 unspecified atom stereocenters. The van der Waals surface area contributed by atoms with Gasteiger partial charge in [-0.05, 0) is 73.5 Å². The Bertz CT molecular complexity index is 1140. The van der Waals surface area contributed by atoms with Gasteiger partial charge in [0.2, 0.25) is 5.17 Å². The van der Waals surface area contributed by atoms with Crippen molar-refractivity contribution < 1.29 is 9.18 Å². The topological polar surface area (TPSA) is 73.8 Å². The SMILES string of the molecule is Cc1cc(C=C2C(=N)N3N=C(CC(C)C)SC3=NC2=O)c(C)n1-c1ccc(F)cc1. The van der Waals surface area contributed by atoms with Crippen molar-refractivity contribution >= 4 is 39.8 Å². The molecule has 0 spiro atoms. The molecule has 8 heteroatoms. The van der Waals surface area contributed by atoms with Crippen LogP contribution in [0.1, 0.15) is 37.2 Å². The highest BCUT2D eigenvalue weighted by Crippen LogP contribution is 2.31. The number of thioether (sulfide) groups is 1. The van der Waals surface area contributed by atoms with Crippen LogP contribution in [0.3, 0.4) is 0 Å². The minimum Gasteiger partial charge on any atom is -0.318 e. The standard InChI is InChI=1S/C22H22FN5OS/c1-12(2)9-19-26-28-20(24)18(21(29)25-22(28)30-19)11-15-10-13(3)27(14(15)4)17-7-5-16(23)6-8-17/h5-8,10-12,24H,9H2,1-4H3. The number of nitrogens with one attached hydrogen (secondary N) is 1. The van der Waals surface area contributed by atoms with Crippen LogP contribution in [0.25, 0.3) is 11.8 Å². The molecule has 0 bridgehead atoms. The number of amidine groups is 2. The van der Waals surface area contributed by atoms with Gasteiger partial charge in [-0.3, -0.25) is 10.2 Å². The molecule has 0 radical (unpaired) electrons. The largest absolute Gasteiger partial charge is 0.318 e. The summed E-state index contributed by atoms with van der Waals surface area (Å²) >= 11 is 1.35. The third-order valence-electron chi connectivity index (χ3n) is 4.93. The van der Waals surface area contributed by atoms with E-state index in [1.54, 1.807) is 18.2 Å². The van der Waals surface area contributed by atoms with Crippen molar-refractivity contribution in [3.63, 3.8) is 0 Å². The Morgan fingerprint density at radius 2 is 1.93 bits per heavy atom. The number of hydrogen-bond acceptors (Lipinski definition) is 4. The molecule has 2 aliphatic heterocycles. The molecule has 1 aromatic carbocycles. The number of fused-ring (bicyclic) bond motifs is 1. The first kappa shape index (κ1) is 20.3. The van der Waals surface area contributed by atoms with Crippen LogP contribution in [0.4, 0.5) is 4.39 Å². The highest BCUT2D eigenvalue weighted by Gasteiger charge is 2.35. The average molecular weight is 424 g/mol. The molecule has 6 nitrogen and oxygen atoms in total. The van der Waals surface area contributed by atoms with E-state index in [1.165, 1.54) is 28.9 Å². The molecule has 1 amide bonds. The normalized spacial score (nSPS) is 17.7. The molecule has 3 heterocycles. The highest BCUT2D eigenvalue weighted by molar-refractivity contribution is 8.26. The zero-order valence-electron chi connectivity index (χ0n) is 17.2. The zero-order chi connectivity index (χ0) is 21.6. The van der Waals surface area contributed by atoms with E-state index in [1.807, 2.05) is 24.5 Å². The van der Waals surface area contributed by atoms with Crippen molar-refractivity contribution in [2.45, 2.75) is 34.1 Å². The first-order valence-corrected chi connectivity index (χ1v) is 10.5. The van der Waals surface area contributed by atoms with Gasteiger partial charge in [-0.2, -0.15) is 15.1 Å². The third-order valence-corrected chi connectivity index (χ3v) is 5.86. The summed E-state index contributed by atoms with van der Waals surface area (Å²) in [7, 11) is 0.